The second kappa shape index (κ2) is 6.84. The molecular formula is C18H18ClN3O. The second-order valence-corrected chi connectivity index (χ2v) is 5.82. The molecule has 0 aliphatic heterocycles. The van der Waals surface area contributed by atoms with Crippen LogP contribution in [0.4, 0.5) is 0 Å². The van der Waals surface area contributed by atoms with Crippen molar-refractivity contribution in [2.24, 2.45) is 0 Å². The fourth-order valence-electron chi connectivity index (χ4n) is 2.66. The molecule has 0 fully saturated rings. The van der Waals surface area contributed by atoms with Crippen LogP contribution in [0.1, 0.15) is 11.4 Å². The van der Waals surface area contributed by atoms with Gasteiger partial charge in [0, 0.05) is 18.1 Å². The van der Waals surface area contributed by atoms with Crippen molar-refractivity contribution < 1.29 is 4.79 Å². The quantitative estimate of drug-likeness (QED) is 0.781. The van der Waals surface area contributed by atoms with Crippen LogP contribution in [0.2, 0.25) is 5.02 Å². The molecule has 0 radical (unpaired) electrons. The van der Waals surface area contributed by atoms with Gasteiger partial charge in [-0.2, -0.15) is 0 Å². The lowest BCUT2D eigenvalue weighted by atomic mass is 10.1. The Hall–Kier alpha value is -2.33. The van der Waals surface area contributed by atoms with E-state index in [-0.39, 0.29) is 5.91 Å². The molecule has 1 amide bonds. The minimum atomic E-state index is -0.0276. The van der Waals surface area contributed by atoms with Gasteiger partial charge in [-0.25, -0.2) is 4.98 Å². The molecule has 0 aliphatic carbocycles. The summed E-state index contributed by atoms with van der Waals surface area (Å²) in [6.45, 7) is 3.23. The van der Waals surface area contributed by atoms with Crippen LogP contribution >= 0.6 is 11.6 Å². The molecule has 0 saturated carbocycles. The summed E-state index contributed by atoms with van der Waals surface area (Å²) in [5, 5.41) is 3.57. The normalized spacial score (nSPS) is 10.9. The van der Waals surface area contributed by atoms with Crippen molar-refractivity contribution in [2.75, 3.05) is 6.54 Å². The van der Waals surface area contributed by atoms with Crippen LogP contribution in [-0.4, -0.2) is 22.0 Å². The van der Waals surface area contributed by atoms with Crippen LogP contribution in [0.5, 0.6) is 0 Å². The van der Waals surface area contributed by atoms with E-state index in [1.54, 1.807) is 6.07 Å². The van der Waals surface area contributed by atoms with E-state index in [9.17, 15) is 4.79 Å². The fourth-order valence-corrected chi connectivity index (χ4v) is 2.87. The highest BCUT2D eigenvalue weighted by atomic mass is 35.5. The monoisotopic (exact) mass is 327 g/mol. The Morgan fingerprint density at radius 1 is 1.17 bits per heavy atom. The molecule has 0 atom stereocenters. The molecule has 118 valence electrons. The van der Waals surface area contributed by atoms with Crippen molar-refractivity contribution in [1.29, 1.82) is 0 Å². The third-order valence-electron chi connectivity index (χ3n) is 3.81. The third-order valence-corrected chi connectivity index (χ3v) is 4.18. The Labute approximate surface area is 140 Å². The molecule has 0 saturated heterocycles. The molecule has 2 aromatic carbocycles. The van der Waals surface area contributed by atoms with Gasteiger partial charge in [-0.15, -0.1) is 0 Å². The summed E-state index contributed by atoms with van der Waals surface area (Å²) in [5.41, 5.74) is 2.91. The summed E-state index contributed by atoms with van der Waals surface area (Å²) < 4.78 is 2.12. The first kappa shape index (κ1) is 15.6. The van der Waals surface area contributed by atoms with Gasteiger partial charge in [-0.3, -0.25) is 4.79 Å². The van der Waals surface area contributed by atoms with Gasteiger partial charge in [-0.1, -0.05) is 41.9 Å². The molecule has 3 rings (SSSR count). The van der Waals surface area contributed by atoms with E-state index in [1.807, 2.05) is 49.4 Å². The minimum absolute atomic E-state index is 0.0276. The molecule has 0 bridgehead atoms. The number of para-hydroxylation sites is 2. The number of carbonyl (C=O) groups excluding carboxylic acids is 1. The number of halogens is 1. The lowest BCUT2D eigenvalue weighted by Crippen LogP contribution is -2.28. The number of hydrogen-bond acceptors (Lipinski definition) is 2. The van der Waals surface area contributed by atoms with Gasteiger partial charge < -0.3 is 9.88 Å². The van der Waals surface area contributed by atoms with Crippen molar-refractivity contribution in [2.45, 2.75) is 19.9 Å². The molecule has 0 unspecified atom stereocenters. The number of rotatable bonds is 5. The number of benzene rings is 2. The number of fused-ring (bicyclic) bond motifs is 1. The van der Waals surface area contributed by atoms with Crippen molar-refractivity contribution in [3.05, 3.63) is 64.9 Å². The van der Waals surface area contributed by atoms with Crippen molar-refractivity contribution >= 4 is 28.5 Å². The first-order valence-corrected chi connectivity index (χ1v) is 7.95. The van der Waals surface area contributed by atoms with E-state index >= 15 is 0 Å². The second-order valence-electron chi connectivity index (χ2n) is 5.42. The average Bonchev–Trinajstić information content (AvgIpc) is 2.86. The third kappa shape index (κ3) is 3.54. The summed E-state index contributed by atoms with van der Waals surface area (Å²) in [4.78, 5) is 16.6. The maximum absolute atomic E-state index is 12.0. The SMILES string of the molecule is Cc1nc2ccccc2n1CCNC(=O)Cc1ccccc1Cl. The fraction of sp³-hybridized carbons (Fsp3) is 0.222. The number of imidazole rings is 1. The summed E-state index contributed by atoms with van der Waals surface area (Å²) >= 11 is 6.08. The number of carbonyl (C=O) groups is 1. The summed E-state index contributed by atoms with van der Waals surface area (Å²) in [7, 11) is 0. The number of nitrogens with one attached hydrogen (secondary N) is 1. The minimum Gasteiger partial charge on any atom is -0.354 e. The zero-order chi connectivity index (χ0) is 16.2. The van der Waals surface area contributed by atoms with Gasteiger partial charge in [0.1, 0.15) is 5.82 Å². The Morgan fingerprint density at radius 2 is 1.91 bits per heavy atom. The molecule has 1 N–H and O–H groups in total. The Kier molecular flexibility index (Phi) is 4.63. The average molecular weight is 328 g/mol. The van der Waals surface area contributed by atoms with Crippen molar-refractivity contribution in [3.63, 3.8) is 0 Å². The highest BCUT2D eigenvalue weighted by Crippen LogP contribution is 2.16. The first-order valence-electron chi connectivity index (χ1n) is 7.57. The van der Waals surface area contributed by atoms with E-state index in [0.29, 0.717) is 24.5 Å². The number of amides is 1. The molecule has 23 heavy (non-hydrogen) atoms. The van der Waals surface area contributed by atoms with Gasteiger partial charge in [0.15, 0.2) is 0 Å². The van der Waals surface area contributed by atoms with Crippen LogP contribution < -0.4 is 5.32 Å². The Balaban J connectivity index is 1.59. The van der Waals surface area contributed by atoms with E-state index in [0.717, 1.165) is 22.4 Å². The Bertz CT molecular complexity index is 841. The van der Waals surface area contributed by atoms with Crippen LogP contribution in [0.15, 0.2) is 48.5 Å². The number of hydrogen-bond donors (Lipinski definition) is 1. The van der Waals surface area contributed by atoms with Crippen LogP contribution in [0, 0.1) is 6.92 Å². The summed E-state index contributed by atoms with van der Waals surface area (Å²) in [5.74, 6) is 0.923. The van der Waals surface area contributed by atoms with Crippen LogP contribution in [0.3, 0.4) is 0 Å². The molecule has 5 heteroatoms. The predicted molar refractivity (Wildman–Crippen MR) is 92.6 cm³/mol. The first-order chi connectivity index (χ1) is 11.1. The zero-order valence-electron chi connectivity index (χ0n) is 12.9. The topological polar surface area (TPSA) is 46.9 Å². The van der Waals surface area contributed by atoms with E-state index in [1.165, 1.54) is 0 Å². The highest BCUT2D eigenvalue weighted by Gasteiger charge is 2.08. The standard InChI is InChI=1S/C18H18ClN3O/c1-13-21-16-8-4-5-9-17(16)22(13)11-10-20-18(23)12-14-6-2-3-7-15(14)19/h2-9H,10-12H2,1H3,(H,20,23). The van der Waals surface area contributed by atoms with Crippen LogP contribution in [0.25, 0.3) is 11.0 Å². The van der Waals surface area contributed by atoms with Gasteiger partial charge in [0.05, 0.1) is 17.5 Å². The van der Waals surface area contributed by atoms with Gasteiger partial charge >= 0.3 is 0 Å². The maximum Gasteiger partial charge on any atom is 0.224 e. The molecule has 1 aromatic heterocycles. The van der Waals surface area contributed by atoms with E-state index in [2.05, 4.69) is 14.9 Å². The van der Waals surface area contributed by atoms with E-state index in [4.69, 9.17) is 11.6 Å². The largest absolute Gasteiger partial charge is 0.354 e. The Morgan fingerprint density at radius 3 is 2.74 bits per heavy atom. The summed E-state index contributed by atoms with van der Waals surface area (Å²) in [6.07, 6.45) is 0.295. The van der Waals surface area contributed by atoms with Gasteiger partial charge in [-0.05, 0) is 30.7 Å². The lowest BCUT2D eigenvalue weighted by Gasteiger charge is -2.09. The van der Waals surface area contributed by atoms with Crippen molar-refractivity contribution in [3.8, 4) is 0 Å². The predicted octanol–water partition coefficient (Wildman–Crippen LogP) is 3.36. The van der Waals surface area contributed by atoms with Gasteiger partial charge in [0.2, 0.25) is 5.91 Å². The molecule has 1 heterocycles. The van der Waals surface area contributed by atoms with Crippen molar-refractivity contribution in [1.82, 2.24) is 14.9 Å². The molecular weight excluding hydrogens is 310 g/mol. The van der Waals surface area contributed by atoms with Gasteiger partial charge in [0.25, 0.3) is 0 Å². The van der Waals surface area contributed by atoms with E-state index < -0.39 is 0 Å². The highest BCUT2D eigenvalue weighted by molar-refractivity contribution is 6.31. The molecule has 0 aliphatic rings. The molecule has 0 spiro atoms. The zero-order valence-corrected chi connectivity index (χ0v) is 13.7. The maximum atomic E-state index is 12.0. The summed E-state index contributed by atoms with van der Waals surface area (Å²) in [6, 6.07) is 15.4. The van der Waals surface area contributed by atoms with Crippen LogP contribution in [-0.2, 0) is 17.8 Å². The smallest absolute Gasteiger partial charge is 0.224 e. The number of aryl methyl sites for hydroxylation is 1. The number of nitrogens with zero attached hydrogens (tertiary/aromatic N) is 2. The molecule has 3 aromatic rings. The number of aromatic nitrogens is 2. The molecule has 4 nitrogen and oxygen atoms in total. The lowest BCUT2D eigenvalue weighted by molar-refractivity contribution is -0.120.